The van der Waals surface area contributed by atoms with Crippen LogP contribution in [0.4, 0.5) is 14.9 Å². The number of piperazine rings is 1. The van der Waals surface area contributed by atoms with Crippen LogP contribution < -0.4 is 5.32 Å². The number of urea groups is 1. The highest BCUT2D eigenvalue weighted by Gasteiger charge is 2.27. The molecule has 176 valence electrons. The molecule has 2 heterocycles. The molecule has 0 spiro atoms. The first kappa shape index (κ1) is 23.1. The second-order valence-electron chi connectivity index (χ2n) is 7.76. The van der Waals surface area contributed by atoms with E-state index in [1.807, 2.05) is 0 Å². The Labute approximate surface area is 191 Å². The first-order chi connectivity index (χ1) is 15.8. The van der Waals surface area contributed by atoms with Crippen molar-refractivity contribution in [1.82, 2.24) is 14.1 Å². The van der Waals surface area contributed by atoms with Crippen LogP contribution in [0.5, 0.6) is 0 Å². The van der Waals surface area contributed by atoms with Gasteiger partial charge in [0.25, 0.3) is 5.91 Å². The van der Waals surface area contributed by atoms with Crippen molar-refractivity contribution >= 4 is 27.6 Å². The molecule has 0 atom stereocenters. The molecule has 2 aliphatic rings. The molecule has 2 aliphatic heterocycles. The van der Waals surface area contributed by atoms with Crippen LogP contribution in [0.25, 0.3) is 0 Å². The van der Waals surface area contributed by atoms with E-state index in [9.17, 15) is 22.4 Å². The molecule has 0 bridgehead atoms. The van der Waals surface area contributed by atoms with Crippen LogP contribution in [-0.4, -0.2) is 86.9 Å². The SMILES string of the molecule is O=C(Nc1ccc(S(=O)(=O)N2CCOCC2)cc1)N1CCN(C(=O)c2cccc(F)c2)CC1. The Morgan fingerprint density at radius 1 is 0.879 bits per heavy atom. The number of rotatable bonds is 4. The van der Waals surface area contributed by atoms with E-state index < -0.39 is 15.8 Å². The lowest BCUT2D eigenvalue weighted by Crippen LogP contribution is -2.51. The van der Waals surface area contributed by atoms with Gasteiger partial charge in [-0.1, -0.05) is 6.07 Å². The number of ether oxygens (including phenoxy) is 1. The van der Waals surface area contributed by atoms with Crippen molar-refractivity contribution in [2.24, 2.45) is 0 Å². The van der Waals surface area contributed by atoms with Crippen molar-refractivity contribution in [2.75, 3.05) is 57.8 Å². The summed E-state index contributed by atoms with van der Waals surface area (Å²) in [7, 11) is -3.60. The number of hydrogen-bond donors (Lipinski definition) is 1. The number of anilines is 1. The van der Waals surface area contributed by atoms with Gasteiger partial charge in [0.15, 0.2) is 0 Å². The van der Waals surface area contributed by atoms with Crippen LogP contribution in [0.2, 0.25) is 0 Å². The predicted octanol–water partition coefficient (Wildman–Crippen LogP) is 1.84. The maximum atomic E-state index is 13.4. The summed E-state index contributed by atoms with van der Waals surface area (Å²) in [5, 5.41) is 2.76. The van der Waals surface area contributed by atoms with Gasteiger partial charge in [0.2, 0.25) is 10.0 Å². The van der Waals surface area contributed by atoms with Gasteiger partial charge in [-0.25, -0.2) is 17.6 Å². The molecule has 0 radical (unpaired) electrons. The van der Waals surface area contributed by atoms with Crippen molar-refractivity contribution in [2.45, 2.75) is 4.90 Å². The van der Waals surface area contributed by atoms with Crippen LogP contribution in [-0.2, 0) is 14.8 Å². The number of nitrogens with one attached hydrogen (secondary N) is 1. The molecule has 33 heavy (non-hydrogen) atoms. The van der Waals surface area contributed by atoms with Gasteiger partial charge in [0.05, 0.1) is 18.1 Å². The predicted molar refractivity (Wildman–Crippen MR) is 119 cm³/mol. The molecule has 11 heteroatoms. The fourth-order valence-corrected chi connectivity index (χ4v) is 5.17. The minimum atomic E-state index is -3.60. The average Bonchev–Trinajstić information content (AvgIpc) is 2.84. The van der Waals surface area contributed by atoms with Crippen LogP contribution in [0.15, 0.2) is 53.4 Å². The van der Waals surface area contributed by atoms with E-state index in [1.165, 1.54) is 34.6 Å². The maximum Gasteiger partial charge on any atom is 0.321 e. The molecule has 3 amide bonds. The topological polar surface area (TPSA) is 99.3 Å². The third-order valence-corrected chi connectivity index (χ3v) is 7.55. The van der Waals surface area contributed by atoms with E-state index in [2.05, 4.69) is 5.32 Å². The normalized spacial score (nSPS) is 17.6. The Kier molecular flexibility index (Phi) is 6.91. The summed E-state index contributed by atoms with van der Waals surface area (Å²) in [6, 6.07) is 11.2. The molecule has 0 saturated carbocycles. The first-order valence-corrected chi connectivity index (χ1v) is 12.1. The molecular weight excluding hydrogens is 451 g/mol. The average molecular weight is 477 g/mol. The summed E-state index contributed by atoms with van der Waals surface area (Å²) in [5.41, 5.74) is 0.749. The number of benzene rings is 2. The highest BCUT2D eigenvalue weighted by molar-refractivity contribution is 7.89. The van der Waals surface area contributed by atoms with Gasteiger partial charge in [-0.3, -0.25) is 4.79 Å². The minimum absolute atomic E-state index is 0.159. The first-order valence-electron chi connectivity index (χ1n) is 10.6. The molecule has 0 aromatic heterocycles. The van der Waals surface area contributed by atoms with Crippen molar-refractivity contribution in [1.29, 1.82) is 0 Å². The monoisotopic (exact) mass is 476 g/mol. The van der Waals surface area contributed by atoms with Gasteiger partial charge in [-0.15, -0.1) is 0 Å². The number of morpholine rings is 1. The molecule has 0 unspecified atom stereocenters. The summed E-state index contributed by atoms with van der Waals surface area (Å²) in [5.74, 6) is -0.741. The van der Waals surface area contributed by atoms with E-state index in [0.717, 1.165) is 0 Å². The lowest BCUT2D eigenvalue weighted by Gasteiger charge is -2.34. The zero-order valence-electron chi connectivity index (χ0n) is 17.9. The van der Waals surface area contributed by atoms with Crippen LogP contribution in [0, 0.1) is 5.82 Å². The van der Waals surface area contributed by atoms with E-state index in [0.29, 0.717) is 58.2 Å². The quantitative estimate of drug-likeness (QED) is 0.726. The number of nitrogens with zero attached hydrogens (tertiary/aromatic N) is 3. The third kappa shape index (κ3) is 5.32. The van der Waals surface area contributed by atoms with E-state index in [4.69, 9.17) is 4.74 Å². The lowest BCUT2D eigenvalue weighted by atomic mass is 10.2. The van der Waals surface area contributed by atoms with Gasteiger partial charge in [0.1, 0.15) is 5.82 Å². The van der Waals surface area contributed by atoms with Crippen molar-refractivity contribution in [3.63, 3.8) is 0 Å². The molecule has 1 N–H and O–H groups in total. The molecule has 2 fully saturated rings. The van der Waals surface area contributed by atoms with Crippen LogP contribution >= 0.6 is 0 Å². The van der Waals surface area contributed by atoms with Gasteiger partial charge in [-0.2, -0.15) is 4.31 Å². The second kappa shape index (κ2) is 9.86. The van der Waals surface area contributed by atoms with Gasteiger partial charge in [-0.05, 0) is 42.5 Å². The molecule has 2 saturated heterocycles. The van der Waals surface area contributed by atoms with Crippen LogP contribution in [0.3, 0.4) is 0 Å². The summed E-state index contributed by atoms with van der Waals surface area (Å²) in [4.78, 5) is 28.5. The Bertz CT molecular complexity index is 1110. The fourth-order valence-electron chi connectivity index (χ4n) is 3.77. The molecule has 4 rings (SSSR count). The highest BCUT2D eigenvalue weighted by atomic mass is 32.2. The summed E-state index contributed by atoms with van der Waals surface area (Å²) in [6.07, 6.45) is 0. The Morgan fingerprint density at radius 2 is 1.52 bits per heavy atom. The zero-order chi connectivity index (χ0) is 23.4. The van der Waals surface area contributed by atoms with E-state index in [1.54, 1.807) is 28.0 Å². The standard InChI is InChI=1S/C22H25FN4O5S/c23-18-3-1-2-17(16-18)21(28)25-8-10-26(11-9-25)22(29)24-19-4-6-20(7-5-19)33(30,31)27-12-14-32-15-13-27/h1-7,16H,8-15H2,(H,24,29). The van der Waals surface area contributed by atoms with Crippen molar-refractivity contribution < 1.29 is 27.1 Å². The highest BCUT2D eigenvalue weighted by Crippen LogP contribution is 2.20. The zero-order valence-corrected chi connectivity index (χ0v) is 18.8. The molecular formula is C22H25FN4O5S. The molecule has 2 aromatic rings. The van der Waals surface area contributed by atoms with Gasteiger partial charge >= 0.3 is 6.03 Å². The smallest absolute Gasteiger partial charge is 0.321 e. The summed E-state index contributed by atoms with van der Waals surface area (Å²) < 4.78 is 45.4. The molecule has 0 aliphatic carbocycles. The number of halogens is 1. The van der Waals surface area contributed by atoms with Gasteiger partial charge < -0.3 is 19.9 Å². The Balaban J connectivity index is 1.31. The Morgan fingerprint density at radius 3 is 2.15 bits per heavy atom. The number of amides is 3. The lowest BCUT2D eigenvalue weighted by molar-refractivity contribution is 0.0671. The number of sulfonamides is 1. The fraction of sp³-hybridized carbons (Fsp3) is 0.364. The van der Waals surface area contributed by atoms with Crippen molar-refractivity contribution in [3.05, 3.63) is 59.9 Å². The molecule has 9 nitrogen and oxygen atoms in total. The largest absolute Gasteiger partial charge is 0.379 e. The molecule has 2 aromatic carbocycles. The number of carbonyl (C=O) groups excluding carboxylic acids is 2. The van der Waals surface area contributed by atoms with E-state index >= 15 is 0 Å². The summed E-state index contributed by atoms with van der Waals surface area (Å²) >= 11 is 0. The maximum absolute atomic E-state index is 13.4. The Hall–Kier alpha value is -3.02. The van der Waals surface area contributed by atoms with Crippen LogP contribution in [0.1, 0.15) is 10.4 Å². The summed E-state index contributed by atoms with van der Waals surface area (Å²) in [6.45, 7) is 2.69. The number of carbonyl (C=O) groups is 2. The third-order valence-electron chi connectivity index (χ3n) is 5.64. The second-order valence-corrected chi connectivity index (χ2v) is 9.70. The minimum Gasteiger partial charge on any atom is -0.379 e. The van der Waals surface area contributed by atoms with E-state index in [-0.39, 0.29) is 22.4 Å². The number of hydrogen-bond acceptors (Lipinski definition) is 5. The van der Waals surface area contributed by atoms with Crippen molar-refractivity contribution in [3.8, 4) is 0 Å². The van der Waals surface area contributed by atoms with Gasteiger partial charge in [0, 0.05) is 50.5 Å².